The normalized spacial score (nSPS) is 19.2. The van der Waals surface area contributed by atoms with Crippen LogP contribution < -0.4 is 0 Å². The molecule has 0 spiro atoms. The highest BCUT2D eigenvalue weighted by molar-refractivity contribution is 6.03. The molecule has 3 nitrogen and oxygen atoms in total. The molecule has 1 heterocycles. The number of aromatic nitrogens is 1. The molecular formula is C16H24N2O. The van der Waals surface area contributed by atoms with Crippen LogP contribution in [-0.2, 0) is 0 Å². The molecule has 1 aliphatic rings. The van der Waals surface area contributed by atoms with E-state index in [0.29, 0.717) is 0 Å². The van der Waals surface area contributed by atoms with Crippen LogP contribution in [0.2, 0.25) is 0 Å². The van der Waals surface area contributed by atoms with Crippen molar-refractivity contribution < 1.29 is 4.79 Å². The smallest absolute Gasteiger partial charge is 0.184 e. The maximum absolute atomic E-state index is 13.0. The van der Waals surface area contributed by atoms with Crippen molar-refractivity contribution in [2.45, 2.75) is 51.0 Å². The van der Waals surface area contributed by atoms with E-state index in [2.05, 4.69) is 9.88 Å². The maximum Gasteiger partial charge on any atom is 0.184 e. The number of rotatable bonds is 3. The summed E-state index contributed by atoms with van der Waals surface area (Å²) in [6, 6.07) is 1.96. The number of nitrogens with zero attached hydrogens (tertiary/aromatic N) is 2. The van der Waals surface area contributed by atoms with Crippen molar-refractivity contribution in [1.82, 2.24) is 9.88 Å². The maximum atomic E-state index is 13.0. The summed E-state index contributed by atoms with van der Waals surface area (Å²) in [5.74, 6) is 0.246. The molecule has 2 rings (SSSR count). The molecule has 19 heavy (non-hydrogen) atoms. The van der Waals surface area contributed by atoms with Crippen molar-refractivity contribution in [3.05, 3.63) is 29.6 Å². The molecule has 0 aromatic carbocycles. The van der Waals surface area contributed by atoms with E-state index in [-0.39, 0.29) is 11.3 Å². The Kier molecular flexibility index (Phi) is 4.35. The number of pyridine rings is 1. The van der Waals surface area contributed by atoms with Gasteiger partial charge in [0.2, 0.25) is 0 Å². The number of aryl methyl sites for hydroxylation is 1. The topological polar surface area (TPSA) is 33.2 Å². The van der Waals surface area contributed by atoms with Crippen LogP contribution >= 0.6 is 0 Å². The first-order valence-electron chi connectivity index (χ1n) is 7.20. The van der Waals surface area contributed by atoms with Gasteiger partial charge in [-0.25, -0.2) is 0 Å². The zero-order valence-electron chi connectivity index (χ0n) is 12.3. The van der Waals surface area contributed by atoms with Gasteiger partial charge in [-0.1, -0.05) is 25.7 Å². The third-order valence-electron chi connectivity index (χ3n) is 4.35. The van der Waals surface area contributed by atoms with Crippen molar-refractivity contribution in [2.75, 3.05) is 14.1 Å². The standard InChI is InChI=1S/C16H24N2O/c1-13-10-14(12-17-11-13)15(19)16(18(2)3)8-6-4-5-7-9-16/h10-12H,4-9H2,1-3H3. The lowest BCUT2D eigenvalue weighted by Crippen LogP contribution is -2.50. The lowest BCUT2D eigenvalue weighted by atomic mass is 9.81. The largest absolute Gasteiger partial charge is 0.297 e. The molecule has 0 unspecified atom stereocenters. The molecule has 1 fully saturated rings. The fourth-order valence-electron chi connectivity index (χ4n) is 3.14. The third-order valence-corrected chi connectivity index (χ3v) is 4.35. The average molecular weight is 260 g/mol. The van der Waals surface area contributed by atoms with E-state index >= 15 is 0 Å². The molecular weight excluding hydrogens is 236 g/mol. The summed E-state index contributed by atoms with van der Waals surface area (Å²) in [5, 5.41) is 0. The fraction of sp³-hybridized carbons (Fsp3) is 0.625. The molecule has 0 radical (unpaired) electrons. The first kappa shape index (κ1) is 14.2. The minimum absolute atomic E-state index is 0.246. The van der Waals surface area contributed by atoms with Crippen LogP contribution in [-0.4, -0.2) is 35.3 Å². The SMILES string of the molecule is Cc1cncc(C(=O)C2(N(C)C)CCCCCC2)c1. The molecule has 0 bridgehead atoms. The molecule has 3 heteroatoms. The Morgan fingerprint density at radius 2 is 1.79 bits per heavy atom. The molecule has 104 valence electrons. The lowest BCUT2D eigenvalue weighted by Gasteiger charge is -2.38. The second kappa shape index (κ2) is 5.83. The zero-order chi connectivity index (χ0) is 13.9. The fourth-order valence-corrected chi connectivity index (χ4v) is 3.14. The van der Waals surface area contributed by atoms with Crippen LogP contribution in [0.1, 0.15) is 54.4 Å². The van der Waals surface area contributed by atoms with E-state index in [1.807, 2.05) is 27.1 Å². The second-order valence-electron chi connectivity index (χ2n) is 5.92. The van der Waals surface area contributed by atoms with Crippen molar-refractivity contribution in [2.24, 2.45) is 0 Å². The summed E-state index contributed by atoms with van der Waals surface area (Å²) in [4.78, 5) is 19.3. The number of Topliss-reactive ketones (excluding diaryl/α,β-unsaturated/α-hetero) is 1. The minimum Gasteiger partial charge on any atom is -0.297 e. The van der Waals surface area contributed by atoms with E-state index in [9.17, 15) is 4.79 Å². The zero-order valence-corrected chi connectivity index (χ0v) is 12.3. The Bertz CT molecular complexity index is 446. The molecule has 0 N–H and O–H groups in total. The summed E-state index contributed by atoms with van der Waals surface area (Å²) < 4.78 is 0. The molecule has 1 aromatic heterocycles. The van der Waals surface area contributed by atoms with Gasteiger partial charge in [-0.3, -0.25) is 14.7 Å². The number of likely N-dealkylation sites (N-methyl/N-ethyl adjacent to an activating group) is 1. The van der Waals surface area contributed by atoms with E-state index in [4.69, 9.17) is 0 Å². The average Bonchev–Trinajstić information content (AvgIpc) is 2.64. The summed E-state index contributed by atoms with van der Waals surface area (Å²) >= 11 is 0. The van der Waals surface area contributed by atoms with Gasteiger partial charge in [0.25, 0.3) is 0 Å². The minimum atomic E-state index is -0.327. The highest BCUT2D eigenvalue weighted by Gasteiger charge is 2.40. The Labute approximate surface area is 116 Å². The Hall–Kier alpha value is -1.22. The predicted molar refractivity (Wildman–Crippen MR) is 77.4 cm³/mol. The lowest BCUT2D eigenvalue weighted by molar-refractivity contribution is 0.0634. The molecule has 1 aromatic rings. The van der Waals surface area contributed by atoms with Gasteiger partial charge < -0.3 is 0 Å². The van der Waals surface area contributed by atoms with Crippen LogP contribution in [0.5, 0.6) is 0 Å². The van der Waals surface area contributed by atoms with Gasteiger partial charge in [0.15, 0.2) is 5.78 Å². The molecule has 1 aliphatic carbocycles. The van der Waals surface area contributed by atoms with Crippen molar-refractivity contribution in [3.8, 4) is 0 Å². The number of hydrogen-bond donors (Lipinski definition) is 0. The van der Waals surface area contributed by atoms with E-state index in [1.165, 1.54) is 12.8 Å². The van der Waals surface area contributed by atoms with Gasteiger partial charge >= 0.3 is 0 Å². The Morgan fingerprint density at radius 1 is 1.16 bits per heavy atom. The van der Waals surface area contributed by atoms with Crippen LogP contribution in [0, 0.1) is 6.92 Å². The third kappa shape index (κ3) is 2.86. The molecule has 0 atom stereocenters. The molecule has 0 amide bonds. The summed E-state index contributed by atoms with van der Waals surface area (Å²) in [6.45, 7) is 1.99. The van der Waals surface area contributed by atoms with Gasteiger partial charge in [0, 0.05) is 18.0 Å². The van der Waals surface area contributed by atoms with E-state index in [0.717, 1.165) is 36.8 Å². The number of carbonyl (C=O) groups is 1. The van der Waals surface area contributed by atoms with Crippen LogP contribution in [0.4, 0.5) is 0 Å². The van der Waals surface area contributed by atoms with Crippen molar-refractivity contribution in [1.29, 1.82) is 0 Å². The van der Waals surface area contributed by atoms with Crippen molar-refractivity contribution >= 4 is 5.78 Å². The Balaban J connectivity index is 2.35. The molecule has 0 aliphatic heterocycles. The van der Waals surface area contributed by atoms with Crippen LogP contribution in [0.3, 0.4) is 0 Å². The summed E-state index contributed by atoms with van der Waals surface area (Å²) in [5.41, 5.74) is 1.48. The van der Waals surface area contributed by atoms with Crippen molar-refractivity contribution in [3.63, 3.8) is 0 Å². The van der Waals surface area contributed by atoms with Gasteiger partial charge in [0.1, 0.15) is 0 Å². The quantitative estimate of drug-likeness (QED) is 0.618. The van der Waals surface area contributed by atoms with Gasteiger partial charge in [-0.2, -0.15) is 0 Å². The summed E-state index contributed by atoms with van der Waals surface area (Å²) in [7, 11) is 4.07. The predicted octanol–water partition coefficient (Wildman–Crippen LogP) is 3.23. The number of carbonyl (C=O) groups excluding carboxylic acids is 1. The monoisotopic (exact) mass is 260 g/mol. The second-order valence-corrected chi connectivity index (χ2v) is 5.92. The highest BCUT2D eigenvalue weighted by atomic mass is 16.1. The summed E-state index contributed by atoms with van der Waals surface area (Å²) in [6.07, 6.45) is 10.2. The van der Waals surface area contributed by atoms with Crippen LogP contribution in [0.25, 0.3) is 0 Å². The molecule has 0 saturated heterocycles. The van der Waals surface area contributed by atoms with Gasteiger partial charge in [-0.15, -0.1) is 0 Å². The first-order chi connectivity index (χ1) is 9.06. The van der Waals surface area contributed by atoms with E-state index < -0.39 is 0 Å². The highest BCUT2D eigenvalue weighted by Crippen LogP contribution is 2.34. The Morgan fingerprint density at radius 3 is 2.32 bits per heavy atom. The number of hydrogen-bond acceptors (Lipinski definition) is 3. The van der Waals surface area contributed by atoms with E-state index in [1.54, 1.807) is 12.4 Å². The van der Waals surface area contributed by atoms with Crippen LogP contribution in [0.15, 0.2) is 18.5 Å². The number of ketones is 1. The van der Waals surface area contributed by atoms with Gasteiger partial charge in [-0.05, 0) is 45.5 Å². The van der Waals surface area contributed by atoms with Gasteiger partial charge in [0.05, 0.1) is 5.54 Å². The molecule has 1 saturated carbocycles. The first-order valence-corrected chi connectivity index (χ1v) is 7.20.